The lowest BCUT2D eigenvalue weighted by molar-refractivity contribution is -0.127. The molecule has 0 bridgehead atoms. The number of aromatic nitrogens is 1. The predicted molar refractivity (Wildman–Crippen MR) is 97.2 cm³/mol. The first-order valence-corrected chi connectivity index (χ1v) is 9.36. The van der Waals surface area contributed by atoms with Gasteiger partial charge in [-0.25, -0.2) is 4.98 Å². The SMILES string of the molecule is CCN(C(=O)C(NC(C)=O)C1CCCC1)c1nc2ccccc2s1. The minimum Gasteiger partial charge on any atom is -0.344 e. The van der Waals surface area contributed by atoms with Crippen LogP contribution < -0.4 is 10.2 Å². The van der Waals surface area contributed by atoms with Crippen LogP contribution in [0.1, 0.15) is 39.5 Å². The van der Waals surface area contributed by atoms with Crippen LogP contribution in [0.3, 0.4) is 0 Å². The number of likely N-dealkylation sites (N-methyl/N-ethyl adjacent to an activating group) is 1. The fourth-order valence-corrected chi connectivity index (χ4v) is 4.45. The molecule has 0 spiro atoms. The number of hydrogen-bond acceptors (Lipinski definition) is 4. The number of amides is 2. The Hall–Kier alpha value is -1.95. The van der Waals surface area contributed by atoms with Gasteiger partial charge in [0.2, 0.25) is 5.91 Å². The quantitative estimate of drug-likeness (QED) is 0.904. The Balaban J connectivity index is 1.88. The number of fused-ring (bicyclic) bond motifs is 1. The van der Waals surface area contributed by atoms with Gasteiger partial charge in [-0.05, 0) is 37.8 Å². The van der Waals surface area contributed by atoms with Gasteiger partial charge >= 0.3 is 0 Å². The standard InChI is InChI=1S/C18H23N3O2S/c1-3-21(18-20-14-10-6-7-11-15(14)24-18)17(23)16(19-12(2)22)13-8-4-5-9-13/h6-7,10-11,13,16H,3-5,8-9H2,1-2H3,(H,19,22). The monoisotopic (exact) mass is 345 g/mol. The van der Waals surface area contributed by atoms with Crippen molar-refractivity contribution in [1.29, 1.82) is 0 Å². The summed E-state index contributed by atoms with van der Waals surface area (Å²) < 4.78 is 1.07. The molecule has 1 aliphatic rings. The van der Waals surface area contributed by atoms with Crippen LogP contribution in [-0.4, -0.2) is 29.4 Å². The van der Waals surface area contributed by atoms with E-state index in [1.54, 1.807) is 4.90 Å². The number of benzene rings is 1. The van der Waals surface area contributed by atoms with E-state index in [1.807, 2.05) is 31.2 Å². The van der Waals surface area contributed by atoms with Crippen molar-refractivity contribution in [3.63, 3.8) is 0 Å². The number of nitrogens with zero attached hydrogens (tertiary/aromatic N) is 2. The molecule has 1 N–H and O–H groups in total. The van der Waals surface area contributed by atoms with Gasteiger partial charge in [0, 0.05) is 13.5 Å². The van der Waals surface area contributed by atoms with E-state index in [0.717, 1.165) is 35.9 Å². The lowest BCUT2D eigenvalue weighted by atomic mass is 9.96. The van der Waals surface area contributed by atoms with Crippen LogP contribution in [0.25, 0.3) is 10.2 Å². The average molecular weight is 345 g/mol. The summed E-state index contributed by atoms with van der Waals surface area (Å²) in [7, 11) is 0. The van der Waals surface area contributed by atoms with Gasteiger partial charge in [0.15, 0.2) is 5.13 Å². The number of para-hydroxylation sites is 1. The third-order valence-electron chi connectivity index (χ3n) is 4.59. The Kier molecular flexibility index (Phi) is 5.14. The van der Waals surface area contributed by atoms with Crippen molar-refractivity contribution in [3.8, 4) is 0 Å². The number of carbonyl (C=O) groups excluding carboxylic acids is 2. The van der Waals surface area contributed by atoms with E-state index in [-0.39, 0.29) is 17.7 Å². The van der Waals surface area contributed by atoms with Crippen molar-refractivity contribution in [3.05, 3.63) is 24.3 Å². The highest BCUT2D eigenvalue weighted by Crippen LogP contribution is 2.32. The molecule has 0 aliphatic heterocycles. The molecule has 2 amide bonds. The number of carbonyl (C=O) groups is 2. The Labute approximate surface area is 146 Å². The molecule has 128 valence electrons. The number of hydrogen-bond donors (Lipinski definition) is 1. The van der Waals surface area contributed by atoms with Gasteiger partial charge in [0.25, 0.3) is 5.91 Å². The molecule has 1 saturated carbocycles. The summed E-state index contributed by atoms with van der Waals surface area (Å²) in [5, 5.41) is 3.59. The predicted octanol–water partition coefficient (Wildman–Crippen LogP) is 3.34. The van der Waals surface area contributed by atoms with Crippen LogP contribution in [0.2, 0.25) is 0 Å². The van der Waals surface area contributed by atoms with Crippen LogP contribution in [0.4, 0.5) is 5.13 Å². The normalized spacial score (nSPS) is 16.2. The zero-order valence-corrected chi connectivity index (χ0v) is 14.9. The topological polar surface area (TPSA) is 62.3 Å². The molecule has 6 heteroatoms. The maximum atomic E-state index is 13.2. The number of nitrogens with one attached hydrogen (secondary N) is 1. The van der Waals surface area contributed by atoms with Crippen molar-refractivity contribution in [2.45, 2.75) is 45.6 Å². The van der Waals surface area contributed by atoms with Crippen LogP contribution in [0.5, 0.6) is 0 Å². The zero-order chi connectivity index (χ0) is 17.1. The van der Waals surface area contributed by atoms with Gasteiger partial charge in [-0.1, -0.05) is 36.3 Å². The number of rotatable bonds is 5. The fourth-order valence-electron chi connectivity index (χ4n) is 3.42. The molecule has 1 fully saturated rings. The Morgan fingerprint density at radius 3 is 2.67 bits per heavy atom. The van der Waals surface area contributed by atoms with E-state index in [0.29, 0.717) is 11.7 Å². The van der Waals surface area contributed by atoms with Crippen LogP contribution in [0, 0.1) is 5.92 Å². The molecule has 1 aromatic heterocycles. The smallest absolute Gasteiger partial charge is 0.251 e. The molecule has 0 radical (unpaired) electrons. The second kappa shape index (κ2) is 7.30. The Morgan fingerprint density at radius 1 is 1.33 bits per heavy atom. The van der Waals surface area contributed by atoms with Gasteiger partial charge in [0.05, 0.1) is 10.2 Å². The summed E-state index contributed by atoms with van der Waals surface area (Å²) in [4.78, 5) is 31.1. The molecule has 5 nitrogen and oxygen atoms in total. The van der Waals surface area contributed by atoms with Gasteiger partial charge in [-0.2, -0.15) is 0 Å². The number of thiazole rings is 1. The molecule has 1 unspecified atom stereocenters. The maximum absolute atomic E-state index is 13.2. The fraction of sp³-hybridized carbons (Fsp3) is 0.500. The molecule has 24 heavy (non-hydrogen) atoms. The second-order valence-electron chi connectivity index (χ2n) is 6.27. The molecule has 1 atom stereocenters. The van der Waals surface area contributed by atoms with E-state index in [1.165, 1.54) is 18.3 Å². The van der Waals surface area contributed by atoms with E-state index in [9.17, 15) is 9.59 Å². The zero-order valence-electron chi connectivity index (χ0n) is 14.1. The van der Waals surface area contributed by atoms with E-state index in [4.69, 9.17) is 0 Å². The minimum absolute atomic E-state index is 0.0429. The Morgan fingerprint density at radius 2 is 2.04 bits per heavy atom. The first-order chi connectivity index (χ1) is 11.6. The summed E-state index contributed by atoms with van der Waals surface area (Å²) in [5.41, 5.74) is 0.903. The molecule has 1 aliphatic carbocycles. The highest BCUT2D eigenvalue weighted by atomic mass is 32.1. The van der Waals surface area contributed by atoms with Crippen molar-refractivity contribution in [2.75, 3.05) is 11.4 Å². The van der Waals surface area contributed by atoms with Gasteiger partial charge in [-0.3, -0.25) is 14.5 Å². The molecular formula is C18H23N3O2S. The molecular weight excluding hydrogens is 322 g/mol. The average Bonchev–Trinajstić information content (AvgIpc) is 3.22. The van der Waals surface area contributed by atoms with Crippen LogP contribution in [-0.2, 0) is 9.59 Å². The lowest BCUT2D eigenvalue weighted by Gasteiger charge is -2.28. The summed E-state index contributed by atoms with van der Waals surface area (Å²) in [6.45, 7) is 3.97. The summed E-state index contributed by atoms with van der Waals surface area (Å²) in [5.74, 6) is 0.0316. The van der Waals surface area contributed by atoms with Crippen molar-refractivity contribution in [2.24, 2.45) is 5.92 Å². The highest BCUT2D eigenvalue weighted by molar-refractivity contribution is 7.22. The summed E-state index contributed by atoms with van der Waals surface area (Å²) in [6, 6.07) is 7.44. The largest absolute Gasteiger partial charge is 0.344 e. The molecule has 1 heterocycles. The van der Waals surface area contributed by atoms with Crippen molar-refractivity contribution in [1.82, 2.24) is 10.3 Å². The minimum atomic E-state index is -0.447. The summed E-state index contributed by atoms with van der Waals surface area (Å²) in [6.07, 6.45) is 4.24. The van der Waals surface area contributed by atoms with Crippen LogP contribution >= 0.6 is 11.3 Å². The van der Waals surface area contributed by atoms with Gasteiger partial charge in [0.1, 0.15) is 6.04 Å². The maximum Gasteiger partial charge on any atom is 0.251 e. The molecule has 0 saturated heterocycles. The van der Waals surface area contributed by atoms with E-state index < -0.39 is 6.04 Å². The second-order valence-corrected chi connectivity index (χ2v) is 7.28. The van der Waals surface area contributed by atoms with Gasteiger partial charge in [-0.15, -0.1) is 0 Å². The first-order valence-electron chi connectivity index (χ1n) is 8.54. The Bertz CT molecular complexity index is 704. The molecule has 2 aromatic rings. The van der Waals surface area contributed by atoms with Crippen molar-refractivity contribution < 1.29 is 9.59 Å². The molecule has 3 rings (SSSR count). The van der Waals surface area contributed by atoms with Crippen molar-refractivity contribution >= 4 is 38.5 Å². The molecule has 1 aromatic carbocycles. The van der Waals surface area contributed by atoms with E-state index in [2.05, 4.69) is 10.3 Å². The lowest BCUT2D eigenvalue weighted by Crippen LogP contribution is -2.51. The third kappa shape index (κ3) is 3.43. The highest BCUT2D eigenvalue weighted by Gasteiger charge is 2.35. The third-order valence-corrected chi connectivity index (χ3v) is 5.65. The van der Waals surface area contributed by atoms with Gasteiger partial charge < -0.3 is 5.32 Å². The van der Waals surface area contributed by atoms with Crippen LogP contribution in [0.15, 0.2) is 24.3 Å². The first kappa shape index (κ1) is 16.9. The summed E-state index contributed by atoms with van der Waals surface area (Å²) >= 11 is 1.52. The number of anilines is 1. The van der Waals surface area contributed by atoms with E-state index >= 15 is 0 Å².